The monoisotopic (exact) mass is 719 g/mol. The molecule has 0 bridgehead atoms. The lowest BCUT2D eigenvalue weighted by Gasteiger charge is -2.34. The molecule has 9 nitrogen and oxygen atoms in total. The van der Waals surface area contributed by atoms with Crippen LogP contribution in [0, 0.1) is 12.8 Å². The molecule has 1 atom stereocenters. The van der Waals surface area contributed by atoms with Crippen LogP contribution >= 0.6 is 0 Å². The number of methoxy groups -OCH3 is 1. The Kier molecular flexibility index (Phi) is 12.7. The van der Waals surface area contributed by atoms with Crippen molar-refractivity contribution in [2.45, 2.75) is 44.7 Å². The van der Waals surface area contributed by atoms with Gasteiger partial charge in [-0.1, -0.05) is 92.2 Å². The molecule has 0 aromatic heterocycles. The number of nitrogens with zero attached hydrogens (tertiary/aromatic N) is 2. The van der Waals surface area contributed by atoms with Crippen LogP contribution in [0.3, 0.4) is 0 Å². The standard InChI is InChI=1S/C42H45N3O6S/c1-31(2)28-43-42(47)40(27-33-12-7-5-8-13-33)44(29-34-14-11-17-38(26-34)50-4)41(46)30-45(52(48,49)39-24-18-32(3)19-25-39)35-20-22-37(23-21-35)51-36-15-9-6-10-16-36/h5-26,31,40H,27-30H2,1-4H3,(H,43,47)/t40-/m1/s1. The van der Waals surface area contributed by atoms with Gasteiger partial charge in [-0.25, -0.2) is 8.42 Å². The number of sulfonamides is 1. The minimum atomic E-state index is -4.26. The zero-order valence-electron chi connectivity index (χ0n) is 29.9. The van der Waals surface area contributed by atoms with Crippen LogP contribution in [0.2, 0.25) is 0 Å². The molecule has 0 saturated heterocycles. The van der Waals surface area contributed by atoms with Gasteiger partial charge in [-0.3, -0.25) is 13.9 Å². The predicted octanol–water partition coefficient (Wildman–Crippen LogP) is 7.40. The van der Waals surface area contributed by atoms with Gasteiger partial charge in [0.2, 0.25) is 11.8 Å². The maximum atomic E-state index is 14.8. The van der Waals surface area contributed by atoms with Gasteiger partial charge >= 0.3 is 0 Å². The van der Waals surface area contributed by atoms with Gasteiger partial charge < -0.3 is 19.7 Å². The Labute approximate surface area is 306 Å². The van der Waals surface area contributed by atoms with Gasteiger partial charge in [0.25, 0.3) is 10.0 Å². The molecule has 10 heteroatoms. The molecule has 0 aliphatic rings. The van der Waals surface area contributed by atoms with Crippen molar-refractivity contribution in [1.82, 2.24) is 10.2 Å². The highest BCUT2D eigenvalue weighted by molar-refractivity contribution is 7.92. The lowest BCUT2D eigenvalue weighted by molar-refractivity contribution is -0.140. The van der Waals surface area contributed by atoms with Crippen molar-refractivity contribution in [2.75, 3.05) is 24.5 Å². The highest BCUT2D eigenvalue weighted by Gasteiger charge is 2.34. The SMILES string of the molecule is COc1cccc(CN(C(=O)CN(c2ccc(Oc3ccccc3)cc2)S(=O)(=O)c2ccc(C)cc2)[C@H](Cc2ccccc2)C(=O)NCC(C)C)c1. The fraction of sp³-hybridized carbons (Fsp3) is 0.238. The second-order valence-corrected chi connectivity index (χ2v) is 14.8. The number of anilines is 1. The second-order valence-electron chi connectivity index (χ2n) is 13.0. The topological polar surface area (TPSA) is 105 Å². The number of amides is 2. The Morgan fingerprint density at radius 2 is 1.33 bits per heavy atom. The minimum absolute atomic E-state index is 0.0326. The van der Waals surface area contributed by atoms with Crippen LogP contribution in [-0.2, 0) is 32.6 Å². The number of hydrogen-bond donors (Lipinski definition) is 1. The Hall–Kier alpha value is -5.61. The lowest BCUT2D eigenvalue weighted by Crippen LogP contribution is -2.53. The first-order chi connectivity index (χ1) is 25.0. The Bertz CT molecular complexity index is 2020. The zero-order valence-corrected chi connectivity index (χ0v) is 30.8. The van der Waals surface area contributed by atoms with Gasteiger partial charge in [0.05, 0.1) is 17.7 Å². The van der Waals surface area contributed by atoms with Crippen molar-refractivity contribution in [3.63, 3.8) is 0 Å². The van der Waals surface area contributed by atoms with Crippen molar-refractivity contribution in [3.05, 3.63) is 150 Å². The third kappa shape index (κ3) is 10.0. The van der Waals surface area contributed by atoms with Crippen molar-refractivity contribution >= 4 is 27.5 Å². The van der Waals surface area contributed by atoms with Crippen molar-refractivity contribution in [2.24, 2.45) is 5.92 Å². The van der Waals surface area contributed by atoms with E-state index in [1.807, 2.05) is 93.6 Å². The second kappa shape index (κ2) is 17.5. The number of carbonyl (C=O) groups is 2. The molecule has 0 aliphatic heterocycles. The molecule has 0 aliphatic carbocycles. The fourth-order valence-electron chi connectivity index (χ4n) is 5.62. The van der Waals surface area contributed by atoms with Crippen LogP contribution in [-0.4, -0.2) is 51.4 Å². The molecule has 0 heterocycles. The van der Waals surface area contributed by atoms with Crippen molar-refractivity contribution in [3.8, 4) is 17.2 Å². The molecular formula is C42H45N3O6S. The van der Waals surface area contributed by atoms with E-state index in [-0.39, 0.29) is 35.4 Å². The van der Waals surface area contributed by atoms with E-state index in [0.717, 1.165) is 21.0 Å². The number of para-hydroxylation sites is 1. The van der Waals surface area contributed by atoms with E-state index >= 15 is 0 Å². The number of aryl methyl sites for hydroxylation is 1. The average molecular weight is 720 g/mol. The minimum Gasteiger partial charge on any atom is -0.497 e. The van der Waals surface area contributed by atoms with Gasteiger partial charge in [-0.2, -0.15) is 0 Å². The molecule has 1 N–H and O–H groups in total. The third-order valence-electron chi connectivity index (χ3n) is 8.43. The molecule has 0 unspecified atom stereocenters. The first kappa shape index (κ1) is 37.6. The van der Waals surface area contributed by atoms with E-state index in [0.29, 0.717) is 23.8 Å². The molecule has 5 aromatic rings. The van der Waals surface area contributed by atoms with E-state index in [1.54, 1.807) is 55.6 Å². The first-order valence-corrected chi connectivity index (χ1v) is 18.6. The van der Waals surface area contributed by atoms with Gasteiger partial charge in [0.15, 0.2) is 0 Å². The largest absolute Gasteiger partial charge is 0.497 e. The fourth-order valence-corrected chi connectivity index (χ4v) is 7.03. The van der Waals surface area contributed by atoms with Gasteiger partial charge in [-0.15, -0.1) is 0 Å². The van der Waals surface area contributed by atoms with Crippen LogP contribution in [0.15, 0.2) is 138 Å². The summed E-state index contributed by atoms with van der Waals surface area (Å²) in [5.74, 6) is 1.01. The molecule has 0 fully saturated rings. The average Bonchev–Trinajstić information content (AvgIpc) is 3.15. The molecule has 2 amide bonds. The highest BCUT2D eigenvalue weighted by Crippen LogP contribution is 2.29. The summed E-state index contributed by atoms with van der Waals surface area (Å²) < 4.78 is 41.3. The van der Waals surface area contributed by atoms with Gasteiger partial charge in [0.1, 0.15) is 29.8 Å². The van der Waals surface area contributed by atoms with Crippen molar-refractivity contribution < 1.29 is 27.5 Å². The number of nitrogens with one attached hydrogen (secondary N) is 1. The number of rotatable bonds is 16. The molecule has 0 saturated carbocycles. The zero-order chi connectivity index (χ0) is 37.1. The van der Waals surface area contributed by atoms with E-state index < -0.39 is 28.5 Å². The normalized spacial score (nSPS) is 11.8. The summed E-state index contributed by atoms with van der Waals surface area (Å²) in [6.45, 7) is 5.74. The molecule has 5 rings (SSSR count). The summed E-state index contributed by atoms with van der Waals surface area (Å²) in [6.07, 6.45) is 0.219. The molecular weight excluding hydrogens is 675 g/mol. The third-order valence-corrected chi connectivity index (χ3v) is 10.2. The molecule has 0 spiro atoms. The molecule has 0 radical (unpaired) electrons. The lowest BCUT2D eigenvalue weighted by atomic mass is 10.0. The van der Waals surface area contributed by atoms with Crippen LogP contribution in [0.1, 0.15) is 30.5 Å². The number of hydrogen-bond acceptors (Lipinski definition) is 6. The van der Waals surface area contributed by atoms with Gasteiger partial charge in [0, 0.05) is 19.5 Å². The number of benzene rings is 5. The number of carbonyl (C=O) groups excluding carboxylic acids is 2. The summed E-state index contributed by atoms with van der Waals surface area (Å²) in [5, 5.41) is 3.02. The van der Waals surface area contributed by atoms with Crippen molar-refractivity contribution in [1.29, 1.82) is 0 Å². The summed E-state index contributed by atoms with van der Waals surface area (Å²) >= 11 is 0. The quantitative estimate of drug-likeness (QED) is 0.114. The highest BCUT2D eigenvalue weighted by atomic mass is 32.2. The smallest absolute Gasteiger partial charge is 0.264 e. The van der Waals surface area contributed by atoms with Crippen LogP contribution < -0.4 is 19.1 Å². The van der Waals surface area contributed by atoms with Crippen LogP contribution in [0.25, 0.3) is 0 Å². The Morgan fingerprint density at radius 1 is 0.731 bits per heavy atom. The van der Waals surface area contributed by atoms with Gasteiger partial charge in [-0.05, 0) is 84.6 Å². The number of ether oxygens (including phenoxy) is 2. The maximum absolute atomic E-state index is 14.8. The van der Waals surface area contributed by atoms with Crippen LogP contribution in [0.5, 0.6) is 17.2 Å². The van der Waals surface area contributed by atoms with Crippen LogP contribution in [0.4, 0.5) is 5.69 Å². The molecule has 270 valence electrons. The molecule has 52 heavy (non-hydrogen) atoms. The Morgan fingerprint density at radius 3 is 1.96 bits per heavy atom. The first-order valence-electron chi connectivity index (χ1n) is 17.2. The van der Waals surface area contributed by atoms with E-state index in [1.165, 1.54) is 17.0 Å². The summed E-state index contributed by atoms with van der Waals surface area (Å²) in [5.41, 5.74) is 2.73. The molecule has 5 aromatic carbocycles. The summed E-state index contributed by atoms with van der Waals surface area (Å²) in [4.78, 5) is 30.3. The maximum Gasteiger partial charge on any atom is 0.264 e. The predicted molar refractivity (Wildman–Crippen MR) is 204 cm³/mol. The summed E-state index contributed by atoms with van der Waals surface area (Å²) in [7, 11) is -2.70. The Balaban J connectivity index is 1.56. The van der Waals surface area contributed by atoms with E-state index in [9.17, 15) is 18.0 Å². The van der Waals surface area contributed by atoms with E-state index in [2.05, 4.69) is 5.32 Å². The van der Waals surface area contributed by atoms with E-state index in [4.69, 9.17) is 9.47 Å². The summed E-state index contributed by atoms with van der Waals surface area (Å²) in [6, 6.07) is 38.1.